The van der Waals surface area contributed by atoms with Gasteiger partial charge in [0.15, 0.2) is 0 Å². The molecule has 18 heteroatoms. The highest BCUT2D eigenvalue weighted by Crippen LogP contribution is 2.45. The van der Waals surface area contributed by atoms with Gasteiger partial charge in [-0.1, -0.05) is 23.8 Å². The minimum Gasteiger partial charge on any atom is -0.472 e. The molecular formula is C38H46N6O11S. The number of nitrogens with zero attached hydrogens (tertiary/aromatic N) is 3. The van der Waals surface area contributed by atoms with Crippen LogP contribution in [0.1, 0.15) is 64.9 Å². The van der Waals surface area contributed by atoms with Gasteiger partial charge in [0.1, 0.15) is 41.5 Å². The molecule has 3 N–H and O–H groups in total. The van der Waals surface area contributed by atoms with Crippen LogP contribution in [0.3, 0.4) is 0 Å². The summed E-state index contributed by atoms with van der Waals surface area (Å²) in [4.78, 5) is 88.6. The van der Waals surface area contributed by atoms with Gasteiger partial charge in [0.2, 0.25) is 33.6 Å². The molecule has 2 aromatic rings. The lowest BCUT2D eigenvalue weighted by Crippen LogP contribution is -2.59. The van der Waals surface area contributed by atoms with E-state index in [1.165, 1.54) is 15.9 Å². The van der Waals surface area contributed by atoms with Crippen LogP contribution in [0.4, 0.5) is 4.79 Å². The molecule has 0 radical (unpaired) electrons. The molecule has 5 amide bonds. The van der Waals surface area contributed by atoms with Crippen LogP contribution in [0.5, 0.6) is 5.88 Å². The summed E-state index contributed by atoms with van der Waals surface area (Å²) in [5.41, 5.74) is -1.59. The maximum Gasteiger partial charge on any atom is 0.408 e. The minimum atomic E-state index is -3.96. The number of alkyl carbamates (subject to hydrolysis) is 1. The summed E-state index contributed by atoms with van der Waals surface area (Å²) in [6.07, 6.45) is 1.32. The molecule has 2 aliphatic carbocycles. The van der Waals surface area contributed by atoms with Crippen molar-refractivity contribution in [2.45, 2.75) is 113 Å². The molecule has 0 spiro atoms. The van der Waals surface area contributed by atoms with E-state index in [1.807, 2.05) is 31.2 Å². The molecule has 1 aromatic carbocycles. The van der Waals surface area contributed by atoms with Crippen molar-refractivity contribution in [2.24, 2.45) is 5.92 Å². The number of nitrogens with one attached hydrogen (secondary N) is 3. The maximum atomic E-state index is 14.7. The van der Waals surface area contributed by atoms with E-state index in [9.17, 15) is 37.2 Å². The van der Waals surface area contributed by atoms with Crippen molar-refractivity contribution in [3.8, 4) is 5.88 Å². The highest BCUT2D eigenvalue weighted by atomic mass is 32.2. The Bertz CT molecular complexity index is 2120. The quantitative estimate of drug-likeness (QED) is 0.205. The van der Waals surface area contributed by atoms with Gasteiger partial charge in [-0.15, -0.1) is 6.58 Å². The summed E-state index contributed by atoms with van der Waals surface area (Å²) in [6.45, 7) is 10.5. The van der Waals surface area contributed by atoms with Crippen molar-refractivity contribution in [3.05, 3.63) is 48.7 Å². The molecule has 5 aliphatic rings. The SMILES string of the molecule is C=CC1C[C@]1(NC(=O)[C@@H]1C[C@@H](Oc2nccc3cc(C)ccc23)CN1C(=O)[C@H](CC(=O)N1C[C@H]2C[C@H]1C(=O)O2)NC(=O)OC(C)(C)C)C(=O)NS(=O)(=O)C1CC1. The number of likely N-dealkylation sites (tertiary alicyclic amines) is 2. The van der Waals surface area contributed by atoms with Gasteiger partial charge >= 0.3 is 12.1 Å². The molecule has 5 fully saturated rings. The van der Waals surface area contributed by atoms with E-state index in [0.717, 1.165) is 10.9 Å². The Morgan fingerprint density at radius 2 is 1.86 bits per heavy atom. The second-order valence-corrected chi connectivity index (χ2v) is 18.2. The number of carbonyl (C=O) groups excluding carboxylic acids is 6. The van der Waals surface area contributed by atoms with E-state index < -0.39 is 105 Å². The number of hydrogen-bond acceptors (Lipinski definition) is 12. The molecule has 2 saturated carbocycles. The lowest BCUT2D eigenvalue weighted by atomic mass is 10.1. The molecule has 3 saturated heterocycles. The van der Waals surface area contributed by atoms with Gasteiger partial charge in [-0.25, -0.2) is 23.0 Å². The normalized spacial score (nSPS) is 27.3. The number of sulfonamides is 1. The number of carbonyl (C=O) groups is 6. The zero-order valence-corrected chi connectivity index (χ0v) is 32.4. The first-order chi connectivity index (χ1) is 26.4. The van der Waals surface area contributed by atoms with Crippen molar-refractivity contribution >= 4 is 56.5 Å². The van der Waals surface area contributed by atoms with Gasteiger partial charge < -0.3 is 34.6 Å². The molecular weight excluding hydrogens is 749 g/mol. The van der Waals surface area contributed by atoms with Gasteiger partial charge in [-0.3, -0.25) is 23.9 Å². The van der Waals surface area contributed by atoms with Gasteiger partial charge in [-0.2, -0.15) is 0 Å². The monoisotopic (exact) mass is 794 g/mol. The van der Waals surface area contributed by atoms with E-state index in [4.69, 9.17) is 14.2 Å². The van der Waals surface area contributed by atoms with Gasteiger partial charge in [0.05, 0.1) is 24.8 Å². The van der Waals surface area contributed by atoms with Crippen molar-refractivity contribution in [1.82, 2.24) is 30.1 Å². The summed E-state index contributed by atoms with van der Waals surface area (Å²) >= 11 is 0. The fourth-order valence-corrected chi connectivity index (χ4v) is 9.05. The lowest BCUT2D eigenvalue weighted by molar-refractivity contribution is -0.157. The number of morpholine rings is 1. The third-order valence-corrected chi connectivity index (χ3v) is 12.6. The van der Waals surface area contributed by atoms with E-state index in [2.05, 4.69) is 26.9 Å². The Kier molecular flexibility index (Phi) is 9.99. The molecule has 56 heavy (non-hydrogen) atoms. The van der Waals surface area contributed by atoms with Crippen LogP contribution in [0.2, 0.25) is 0 Å². The van der Waals surface area contributed by atoms with E-state index >= 15 is 0 Å². The minimum absolute atomic E-state index is 0.0753. The number of ether oxygens (including phenoxy) is 3. The molecule has 17 nitrogen and oxygen atoms in total. The second-order valence-electron chi connectivity index (χ2n) is 16.3. The van der Waals surface area contributed by atoms with Crippen molar-refractivity contribution in [3.63, 3.8) is 0 Å². The molecule has 2 bridgehead atoms. The molecule has 7 rings (SSSR count). The Balaban J connectivity index is 1.18. The molecule has 1 unspecified atom stereocenters. The Labute approximate surface area is 323 Å². The summed E-state index contributed by atoms with van der Waals surface area (Å²) in [7, 11) is -3.96. The van der Waals surface area contributed by atoms with Crippen molar-refractivity contribution < 1.29 is 51.4 Å². The van der Waals surface area contributed by atoms with Gasteiger partial charge in [0, 0.05) is 30.3 Å². The molecule has 4 heterocycles. The predicted molar refractivity (Wildman–Crippen MR) is 198 cm³/mol. The van der Waals surface area contributed by atoms with Crippen LogP contribution in [0.25, 0.3) is 10.8 Å². The zero-order chi connectivity index (χ0) is 40.3. The fourth-order valence-electron chi connectivity index (χ4n) is 7.68. The first-order valence-electron chi connectivity index (χ1n) is 18.7. The van der Waals surface area contributed by atoms with Crippen LogP contribution in [0, 0.1) is 12.8 Å². The average molecular weight is 795 g/mol. The molecule has 1 aromatic heterocycles. The van der Waals surface area contributed by atoms with E-state index in [0.29, 0.717) is 24.6 Å². The van der Waals surface area contributed by atoms with Crippen LogP contribution < -0.4 is 20.1 Å². The molecule has 7 atom stereocenters. The number of fused-ring (bicyclic) bond motifs is 3. The largest absolute Gasteiger partial charge is 0.472 e. The van der Waals surface area contributed by atoms with Crippen LogP contribution >= 0.6 is 0 Å². The fraction of sp³-hybridized carbons (Fsp3) is 0.553. The Morgan fingerprint density at radius 1 is 1.11 bits per heavy atom. The van der Waals surface area contributed by atoms with Gasteiger partial charge in [-0.05, 0) is 64.5 Å². The van der Waals surface area contributed by atoms with Crippen LogP contribution in [0.15, 0.2) is 43.1 Å². The molecule has 300 valence electrons. The predicted octanol–water partition coefficient (Wildman–Crippen LogP) is 1.37. The van der Waals surface area contributed by atoms with Crippen molar-refractivity contribution in [2.75, 3.05) is 13.1 Å². The summed E-state index contributed by atoms with van der Waals surface area (Å²) in [5, 5.41) is 6.09. The summed E-state index contributed by atoms with van der Waals surface area (Å²) < 4.78 is 44.6. The highest BCUT2D eigenvalue weighted by Gasteiger charge is 2.62. The molecule has 3 aliphatic heterocycles. The number of benzene rings is 1. The number of rotatable bonds is 12. The third-order valence-electron chi connectivity index (χ3n) is 10.8. The van der Waals surface area contributed by atoms with Crippen LogP contribution in [-0.2, 0) is 43.5 Å². The lowest BCUT2D eigenvalue weighted by Gasteiger charge is -2.31. The van der Waals surface area contributed by atoms with Crippen molar-refractivity contribution in [1.29, 1.82) is 0 Å². The number of pyridine rings is 1. The number of aryl methyl sites for hydroxylation is 1. The zero-order valence-electron chi connectivity index (χ0n) is 31.6. The number of hydrogen-bond donors (Lipinski definition) is 3. The first-order valence-corrected chi connectivity index (χ1v) is 20.2. The topological polar surface area (TPSA) is 220 Å². The number of esters is 1. The second kappa shape index (κ2) is 14.4. The standard InChI is InChI=1S/C38H46N6O11S/c1-6-22-17-38(22,35(49)42-56(51,52)25-8-9-25)41-31(46)28-14-23(53-32-26-10-7-20(2)13-21(26)11-12-39-32)19-44(28)33(47)27(40-36(50)55-37(3,4)5)16-30(45)43-18-24-15-29(43)34(48)54-24/h6-7,10-13,22-25,27-29H,1,8-9,14-19H2,2-5H3,(H,40,50)(H,41,46)(H,42,49)/t22?,23-,24-,27+,28+,29+,38-/m1/s1. The summed E-state index contributed by atoms with van der Waals surface area (Å²) in [5.74, 6) is -3.99. The third kappa shape index (κ3) is 7.88. The first kappa shape index (κ1) is 39.0. The maximum absolute atomic E-state index is 14.7. The van der Waals surface area contributed by atoms with Crippen LogP contribution in [-0.4, -0.2) is 119 Å². The van der Waals surface area contributed by atoms with E-state index in [1.54, 1.807) is 27.0 Å². The van der Waals surface area contributed by atoms with Gasteiger partial charge in [0.25, 0.3) is 5.91 Å². The highest BCUT2D eigenvalue weighted by molar-refractivity contribution is 7.91. The Hall–Kier alpha value is -5.26. The van der Waals surface area contributed by atoms with E-state index in [-0.39, 0.29) is 31.8 Å². The summed E-state index contributed by atoms with van der Waals surface area (Å²) in [6, 6.07) is 3.85. The number of amides is 5. The number of aromatic nitrogens is 1. The average Bonchev–Trinajstić information content (AvgIpc) is 3.97. The Morgan fingerprint density at radius 3 is 2.50 bits per heavy atom. The smallest absolute Gasteiger partial charge is 0.408 e.